The van der Waals surface area contributed by atoms with E-state index in [9.17, 15) is 0 Å². The number of nitrogens with two attached hydrogens (primary N) is 1. The molecule has 2 rings (SSSR count). The van der Waals surface area contributed by atoms with E-state index in [0.29, 0.717) is 24.5 Å². The van der Waals surface area contributed by atoms with Crippen molar-refractivity contribution in [3.8, 4) is 6.01 Å². The quantitative estimate of drug-likeness (QED) is 0.608. The molecular weight excluding hydrogens is 264 g/mol. The van der Waals surface area contributed by atoms with Gasteiger partial charge in [0.05, 0.1) is 6.61 Å². The first-order chi connectivity index (χ1) is 9.26. The van der Waals surface area contributed by atoms with Gasteiger partial charge in [-0.2, -0.15) is 26.7 Å². The van der Waals surface area contributed by atoms with Crippen molar-refractivity contribution in [3.63, 3.8) is 0 Å². The second-order valence-electron chi connectivity index (χ2n) is 4.24. The van der Waals surface area contributed by atoms with Gasteiger partial charge in [-0.15, -0.1) is 0 Å². The van der Waals surface area contributed by atoms with Crippen molar-refractivity contribution in [2.75, 3.05) is 36.3 Å². The Hall–Kier alpha value is -1.28. The van der Waals surface area contributed by atoms with E-state index < -0.39 is 0 Å². The van der Waals surface area contributed by atoms with Crippen molar-refractivity contribution in [2.24, 2.45) is 5.84 Å². The number of ether oxygens (including phenoxy) is 1. The van der Waals surface area contributed by atoms with Crippen LogP contribution in [0.1, 0.15) is 19.8 Å². The summed E-state index contributed by atoms with van der Waals surface area (Å²) in [7, 11) is 0. The van der Waals surface area contributed by atoms with Crippen molar-refractivity contribution < 1.29 is 4.74 Å². The highest BCUT2D eigenvalue weighted by molar-refractivity contribution is 7.99. The van der Waals surface area contributed by atoms with Crippen LogP contribution in [0.25, 0.3) is 0 Å². The summed E-state index contributed by atoms with van der Waals surface area (Å²) in [5.41, 5.74) is 2.45. The summed E-state index contributed by atoms with van der Waals surface area (Å²) in [5, 5.41) is 0.733. The Morgan fingerprint density at radius 2 is 2.11 bits per heavy atom. The minimum atomic E-state index is 0.312. The fraction of sp³-hybridized carbons (Fsp3) is 0.727. The van der Waals surface area contributed by atoms with Gasteiger partial charge in [-0.25, -0.2) is 5.84 Å². The molecular formula is C11H20N6OS. The van der Waals surface area contributed by atoms with E-state index in [-0.39, 0.29) is 0 Å². The Kier molecular flexibility index (Phi) is 5.03. The molecule has 3 N–H and O–H groups in total. The predicted molar refractivity (Wildman–Crippen MR) is 77.6 cm³/mol. The van der Waals surface area contributed by atoms with Crippen molar-refractivity contribution in [1.82, 2.24) is 15.0 Å². The van der Waals surface area contributed by atoms with Crippen molar-refractivity contribution >= 4 is 23.7 Å². The molecule has 1 fully saturated rings. The summed E-state index contributed by atoms with van der Waals surface area (Å²) >= 11 is 1.93. The minimum Gasteiger partial charge on any atom is -0.464 e. The van der Waals surface area contributed by atoms with Crippen LogP contribution in [0.2, 0.25) is 0 Å². The standard InChI is InChI=1S/C11H20N6OS/c1-3-18-11-14-9(16-12)13-10(15-11)17-6-4-8(19-2)5-7-17/h8H,3-7,12H2,1-2H3,(H,13,14,15,16). The number of piperidine rings is 1. The summed E-state index contributed by atoms with van der Waals surface area (Å²) in [4.78, 5) is 14.8. The molecule has 0 radical (unpaired) electrons. The van der Waals surface area contributed by atoms with E-state index in [1.807, 2.05) is 18.7 Å². The molecule has 106 valence electrons. The molecule has 0 bridgehead atoms. The zero-order valence-corrected chi connectivity index (χ0v) is 12.1. The van der Waals surface area contributed by atoms with Gasteiger partial charge in [-0.3, -0.25) is 5.43 Å². The average Bonchev–Trinajstić information content (AvgIpc) is 2.47. The van der Waals surface area contributed by atoms with Crippen LogP contribution in [-0.4, -0.2) is 46.2 Å². The van der Waals surface area contributed by atoms with Crippen LogP contribution in [0.4, 0.5) is 11.9 Å². The van der Waals surface area contributed by atoms with E-state index >= 15 is 0 Å². The number of aromatic nitrogens is 3. The number of hydrazine groups is 1. The number of rotatable bonds is 5. The Balaban J connectivity index is 2.12. The summed E-state index contributed by atoms with van der Waals surface area (Å²) in [6, 6.07) is 0.312. The SMILES string of the molecule is CCOc1nc(NN)nc(N2CCC(SC)CC2)n1. The number of hydrogen-bond acceptors (Lipinski definition) is 8. The number of hydrogen-bond donors (Lipinski definition) is 2. The third kappa shape index (κ3) is 3.60. The van der Waals surface area contributed by atoms with Gasteiger partial charge in [0.1, 0.15) is 0 Å². The van der Waals surface area contributed by atoms with Gasteiger partial charge in [-0.05, 0) is 26.0 Å². The summed E-state index contributed by atoms with van der Waals surface area (Å²) < 4.78 is 5.33. The molecule has 7 nitrogen and oxygen atoms in total. The molecule has 0 aromatic carbocycles. The molecule has 1 aliphatic rings. The number of nitrogen functional groups attached to an aromatic ring is 1. The highest BCUT2D eigenvalue weighted by Crippen LogP contribution is 2.24. The van der Waals surface area contributed by atoms with Crippen LogP contribution in [-0.2, 0) is 0 Å². The average molecular weight is 284 g/mol. The van der Waals surface area contributed by atoms with Crippen molar-refractivity contribution in [3.05, 3.63) is 0 Å². The molecule has 0 saturated carbocycles. The number of nitrogens with zero attached hydrogens (tertiary/aromatic N) is 4. The maximum absolute atomic E-state index is 5.38. The minimum absolute atomic E-state index is 0.312. The van der Waals surface area contributed by atoms with Gasteiger partial charge in [-0.1, -0.05) is 0 Å². The second-order valence-corrected chi connectivity index (χ2v) is 5.38. The lowest BCUT2D eigenvalue weighted by molar-refractivity contribution is 0.311. The fourth-order valence-corrected chi connectivity index (χ4v) is 2.72. The first kappa shape index (κ1) is 14.1. The molecule has 1 aromatic rings. The van der Waals surface area contributed by atoms with Crippen LogP contribution >= 0.6 is 11.8 Å². The molecule has 2 heterocycles. The molecule has 1 aromatic heterocycles. The molecule has 0 aliphatic carbocycles. The summed E-state index contributed by atoms with van der Waals surface area (Å²) in [5.74, 6) is 6.34. The topological polar surface area (TPSA) is 89.2 Å². The van der Waals surface area contributed by atoms with Crippen LogP contribution < -0.4 is 20.9 Å². The van der Waals surface area contributed by atoms with Crippen LogP contribution in [0, 0.1) is 0 Å². The largest absolute Gasteiger partial charge is 0.464 e. The third-order valence-electron chi connectivity index (χ3n) is 3.06. The lowest BCUT2D eigenvalue weighted by atomic mass is 10.1. The zero-order chi connectivity index (χ0) is 13.7. The van der Waals surface area contributed by atoms with Gasteiger partial charge < -0.3 is 9.64 Å². The first-order valence-electron chi connectivity index (χ1n) is 6.40. The third-order valence-corrected chi connectivity index (χ3v) is 4.20. The molecule has 0 atom stereocenters. The smallest absolute Gasteiger partial charge is 0.323 e. The monoisotopic (exact) mass is 284 g/mol. The van der Waals surface area contributed by atoms with Crippen molar-refractivity contribution in [2.45, 2.75) is 25.0 Å². The number of nitrogens with one attached hydrogen (secondary N) is 1. The van der Waals surface area contributed by atoms with Crippen molar-refractivity contribution in [1.29, 1.82) is 0 Å². The van der Waals surface area contributed by atoms with Gasteiger partial charge in [0.25, 0.3) is 0 Å². The summed E-state index contributed by atoms with van der Waals surface area (Å²) in [6.07, 6.45) is 4.44. The highest BCUT2D eigenvalue weighted by Gasteiger charge is 2.21. The Labute approximate surface area is 117 Å². The normalized spacial score (nSPS) is 16.5. The molecule has 0 spiro atoms. The van der Waals surface area contributed by atoms with E-state index in [2.05, 4.69) is 31.5 Å². The van der Waals surface area contributed by atoms with Gasteiger partial charge in [0, 0.05) is 18.3 Å². The molecule has 8 heteroatoms. The van der Waals surface area contributed by atoms with E-state index in [1.165, 1.54) is 0 Å². The van der Waals surface area contributed by atoms with E-state index in [4.69, 9.17) is 10.6 Å². The van der Waals surface area contributed by atoms with Crippen LogP contribution in [0.3, 0.4) is 0 Å². The van der Waals surface area contributed by atoms with Gasteiger partial charge in [0.15, 0.2) is 0 Å². The predicted octanol–water partition coefficient (Wildman–Crippen LogP) is 0.888. The Morgan fingerprint density at radius 3 is 2.68 bits per heavy atom. The molecule has 19 heavy (non-hydrogen) atoms. The second kappa shape index (κ2) is 6.76. The molecule has 0 unspecified atom stereocenters. The van der Waals surface area contributed by atoms with Crippen LogP contribution in [0.5, 0.6) is 6.01 Å². The van der Waals surface area contributed by atoms with Gasteiger partial charge >= 0.3 is 6.01 Å². The Morgan fingerprint density at radius 1 is 1.37 bits per heavy atom. The number of anilines is 2. The number of thioether (sulfide) groups is 1. The Bertz CT molecular complexity index is 410. The highest BCUT2D eigenvalue weighted by atomic mass is 32.2. The fourth-order valence-electron chi connectivity index (χ4n) is 2.04. The van der Waals surface area contributed by atoms with E-state index in [1.54, 1.807) is 0 Å². The first-order valence-corrected chi connectivity index (χ1v) is 7.68. The molecule has 1 saturated heterocycles. The lowest BCUT2D eigenvalue weighted by Gasteiger charge is -2.31. The molecule has 1 aliphatic heterocycles. The zero-order valence-electron chi connectivity index (χ0n) is 11.3. The maximum Gasteiger partial charge on any atom is 0.323 e. The van der Waals surface area contributed by atoms with Crippen LogP contribution in [0.15, 0.2) is 0 Å². The summed E-state index contributed by atoms with van der Waals surface area (Å²) in [6.45, 7) is 4.31. The van der Waals surface area contributed by atoms with Gasteiger partial charge in [0.2, 0.25) is 11.9 Å². The lowest BCUT2D eigenvalue weighted by Crippen LogP contribution is -2.36. The maximum atomic E-state index is 5.38. The van der Waals surface area contributed by atoms with E-state index in [0.717, 1.165) is 31.2 Å². The molecule has 0 amide bonds.